The average molecular weight is 460 g/mol. The normalized spacial score (nSPS) is 23.3. The number of amides is 1. The maximum Gasteiger partial charge on any atom is 0.263 e. The molecule has 1 amide bonds. The van der Waals surface area contributed by atoms with E-state index in [0.29, 0.717) is 29.5 Å². The van der Waals surface area contributed by atoms with Crippen molar-refractivity contribution in [1.29, 1.82) is 0 Å². The van der Waals surface area contributed by atoms with Crippen LogP contribution in [0.3, 0.4) is 0 Å². The molecule has 3 fully saturated rings. The van der Waals surface area contributed by atoms with Crippen molar-refractivity contribution in [3.63, 3.8) is 0 Å². The Labute approximate surface area is 195 Å². The van der Waals surface area contributed by atoms with Crippen molar-refractivity contribution in [3.8, 4) is 17.1 Å². The second-order valence-corrected chi connectivity index (χ2v) is 9.61. The van der Waals surface area contributed by atoms with E-state index in [2.05, 4.69) is 27.4 Å². The van der Waals surface area contributed by atoms with Gasteiger partial charge in [-0.25, -0.2) is 9.97 Å². The smallest absolute Gasteiger partial charge is 0.263 e. The first-order valence-electron chi connectivity index (χ1n) is 11.2. The number of hydrogen-bond acceptors (Lipinski definition) is 8. The van der Waals surface area contributed by atoms with Crippen LogP contribution in [-0.4, -0.2) is 48.7 Å². The molecule has 10 heteroatoms. The fraction of sp³-hybridized carbons (Fsp3) is 0.375. The van der Waals surface area contributed by atoms with Crippen LogP contribution < -0.4 is 10.1 Å². The molecule has 10 nitrogen and oxygen atoms in total. The maximum atomic E-state index is 13.3. The molecule has 0 radical (unpaired) electrons. The van der Waals surface area contributed by atoms with Crippen LogP contribution in [0, 0.1) is 0 Å². The largest absolute Gasteiger partial charge is 0.474 e. The Hall–Kier alpha value is -3.79. The molecular weight excluding hydrogens is 436 g/mol. The van der Waals surface area contributed by atoms with E-state index in [9.17, 15) is 4.79 Å². The van der Waals surface area contributed by atoms with Gasteiger partial charge < -0.3 is 19.3 Å². The lowest BCUT2D eigenvalue weighted by molar-refractivity contribution is 0.0154. The van der Waals surface area contributed by atoms with E-state index in [1.54, 1.807) is 28.9 Å². The first-order chi connectivity index (χ1) is 16.3. The number of nitrogens with one attached hydrogen (secondary N) is 1. The van der Waals surface area contributed by atoms with Crippen LogP contribution in [0.25, 0.3) is 17.0 Å². The minimum Gasteiger partial charge on any atom is -0.474 e. The van der Waals surface area contributed by atoms with Crippen molar-refractivity contribution in [3.05, 3.63) is 54.3 Å². The van der Waals surface area contributed by atoms with Gasteiger partial charge in [-0.05, 0) is 45.7 Å². The average Bonchev–Trinajstić information content (AvgIpc) is 3.55. The van der Waals surface area contributed by atoms with Crippen LogP contribution in [0.1, 0.15) is 49.7 Å². The van der Waals surface area contributed by atoms with Crippen LogP contribution in [0.5, 0.6) is 5.88 Å². The SMILES string of the molecule is CC(C)Oc1nc2nc(C34COC(C)(C3)C4)cn2cc1C(=O)Nc1cccc(-c2cnoc2)n1. The van der Waals surface area contributed by atoms with E-state index in [4.69, 9.17) is 19.0 Å². The molecule has 1 aliphatic carbocycles. The maximum absolute atomic E-state index is 13.3. The second kappa shape index (κ2) is 7.36. The monoisotopic (exact) mass is 460 g/mol. The van der Waals surface area contributed by atoms with Crippen molar-refractivity contribution < 1.29 is 18.8 Å². The molecule has 0 spiro atoms. The predicted octanol–water partition coefficient (Wildman–Crippen LogP) is 3.64. The number of pyridine rings is 1. The molecule has 34 heavy (non-hydrogen) atoms. The summed E-state index contributed by atoms with van der Waals surface area (Å²) in [5.74, 6) is 0.728. The Balaban J connectivity index is 1.33. The molecular formula is C24H24N6O4. The Morgan fingerprint density at radius 2 is 2.06 bits per heavy atom. The first-order valence-corrected chi connectivity index (χ1v) is 11.2. The van der Waals surface area contributed by atoms with Gasteiger partial charge in [-0.3, -0.25) is 9.20 Å². The molecule has 7 rings (SSSR count). The third-order valence-corrected chi connectivity index (χ3v) is 6.39. The number of hydrogen-bond donors (Lipinski definition) is 1. The van der Waals surface area contributed by atoms with Crippen molar-refractivity contribution in [1.82, 2.24) is 24.5 Å². The molecule has 0 atom stereocenters. The lowest BCUT2D eigenvalue weighted by Gasteiger charge is -2.41. The number of nitrogens with zero attached hydrogens (tertiary/aromatic N) is 5. The van der Waals surface area contributed by atoms with Gasteiger partial charge in [-0.1, -0.05) is 11.2 Å². The third-order valence-electron chi connectivity index (χ3n) is 6.39. The molecule has 2 aliphatic heterocycles. The Morgan fingerprint density at radius 1 is 1.21 bits per heavy atom. The van der Waals surface area contributed by atoms with Gasteiger partial charge in [0.05, 0.1) is 41.5 Å². The van der Waals surface area contributed by atoms with Crippen molar-refractivity contribution in [2.75, 3.05) is 11.9 Å². The number of rotatable bonds is 6. The lowest BCUT2D eigenvalue weighted by atomic mass is 9.62. The molecule has 6 heterocycles. The fourth-order valence-corrected chi connectivity index (χ4v) is 4.96. The minimum atomic E-state index is -0.381. The van der Waals surface area contributed by atoms with Crippen molar-refractivity contribution in [2.45, 2.75) is 50.7 Å². The summed E-state index contributed by atoms with van der Waals surface area (Å²) in [7, 11) is 0. The minimum absolute atomic E-state index is 0.0474. The second-order valence-electron chi connectivity index (χ2n) is 9.61. The molecule has 0 aromatic carbocycles. The summed E-state index contributed by atoms with van der Waals surface area (Å²) < 4.78 is 18.5. The van der Waals surface area contributed by atoms with Gasteiger partial charge in [0.15, 0.2) is 0 Å². The highest BCUT2D eigenvalue weighted by Crippen LogP contribution is 2.58. The number of ether oxygens (including phenoxy) is 2. The zero-order valence-electron chi connectivity index (χ0n) is 19.1. The first kappa shape index (κ1) is 20.8. The zero-order valence-corrected chi connectivity index (χ0v) is 19.1. The number of imidazole rings is 1. The third kappa shape index (κ3) is 3.41. The van der Waals surface area contributed by atoms with Gasteiger partial charge in [0.1, 0.15) is 17.6 Å². The summed E-state index contributed by atoms with van der Waals surface area (Å²) in [6, 6.07) is 5.33. The van der Waals surface area contributed by atoms with E-state index in [0.717, 1.165) is 24.1 Å². The van der Waals surface area contributed by atoms with Crippen LogP contribution in [-0.2, 0) is 10.2 Å². The van der Waals surface area contributed by atoms with Crippen LogP contribution >= 0.6 is 0 Å². The molecule has 1 N–H and O–H groups in total. The molecule has 2 saturated heterocycles. The van der Waals surface area contributed by atoms with Gasteiger partial charge in [0.25, 0.3) is 5.91 Å². The number of aromatic nitrogens is 5. The van der Waals surface area contributed by atoms with Gasteiger partial charge in [-0.15, -0.1) is 0 Å². The Kier molecular flexibility index (Phi) is 4.50. The van der Waals surface area contributed by atoms with Crippen LogP contribution in [0.15, 0.2) is 47.6 Å². The van der Waals surface area contributed by atoms with Crippen LogP contribution in [0.2, 0.25) is 0 Å². The summed E-state index contributed by atoms with van der Waals surface area (Å²) in [6.07, 6.45) is 8.44. The molecule has 4 aromatic rings. The van der Waals surface area contributed by atoms with E-state index >= 15 is 0 Å². The summed E-state index contributed by atoms with van der Waals surface area (Å²) in [4.78, 5) is 27.1. The van der Waals surface area contributed by atoms with E-state index in [1.165, 1.54) is 6.26 Å². The molecule has 4 aromatic heterocycles. The number of anilines is 1. The molecule has 3 aliphatic rings. The predicted molar refractivity (Wildman–Crippen MR) is 122 cm³/mol. The quantitative estimate of drug-likeness (QED) is 0.464. The highest BCUT2D eigenvalue weighted by Gasteiger charge is 2.61. The highest BCUT2D eigenvalue weighted by atomic mass is 16.5. The fourth-order valence-electron chi connectivity index (χ4n) is 4.96. The number of carbonyl (C=O) groups excluding carboxylic acids is 1. The summed E-state index contributed by atoms with van der Waals surface area (Å²) >= 11 is 0. The van der Waals surface area contributed by atoms with Crippen molar-refractivity contribution in [2.24, 2.45) is 0 Å². The van der Waals surface area contributed by atoms with Gasteiger partial charge >= 0.3 is 0 Å². The van der Waals surface area contributed by atoms with Gasteiger partial charge in [-0.2, -0.15) is 4.98 Å². The zero-order chi connectivity index (χ0) is 23.5. The number of fused-ring (bicyclic) bond motifs is 2. The molecule has 2 bridgehead atoms. The standard InChI is InChI=1S/C24H24N6O4/c1-14(2)34-21-16(20(31)28-19-6-4-5-17(26-19)15-7-25-33-10-15)8-30-9-18(27-22(30)29-21)24-11-23(3,12-24)32-13-24/h4-10,14H,11-13H2,1-3H3,(H,26,28,31). The number of carbonyl (C=O) groups is 1. The highest BCUT2D eigenvalue weighted by molar-refractivity contribution is 6.05. The molecule has 1 saturated carbocycles. The summed E-state index contributed by atoms with van der Waals surface area (Å²) in [5, 5.41) is 6.55. The van der Waals surface area contributed by atoms with Crippen LogP contribution in [0.4, 0.5) is 5.82 Å². The topological polar surface area (TPSA) is 117 Å². The summed E-state index contributed by atoms with van der Waals surface area (Å²) in [5.41, 5.74) is 2.46. The van der Waals surface area contributed by atoms with E-state index in [1.807, 2.05) is 26.1 Å². The molecule has 174 valence electrons. The van der Waals surface area contributed by atoms with E-state index < -0.39 is 0 Å². The molecule has 0 unspecified atom stereocenters. The lowest BCUT2D eigenvalue weighted by Crippen LogP contribution is -2.45. The Bertz CT molecular complexity index is 1390. The van der Waals surface area contributed by atoms with Gasteiger partial charge in [0.2, 0.25) is 11.7 Å². The Morgan fingerprint density at radius 3 is 2.76 bits per heavy atom. The van der Waals surface area contributed by atoms with Crippen molar-refractivity contribution >= 4 is 17.5 Å². The van der Waals surface area contributed by atoms with E-state index in [-0.39, 0.29) is 28.9 Å². The summed E-state index contributed by atoms with van der Waals surface area (Å²) in [6.45, 7) is 6.57. The van der Waals surface area contributed by atoms with Gasteiger partial charge in [0, 0.05) is 17.8 Å².